The predicted octanol–water partition coefficient (Wildman–Crippen LogP) is 9.26. The summed E-state index contributed by atoms with van der Waals surface area (Å²) < 4.78 is 2.39. The van der Waals surface area contributed by atoms with Gasteiger partial charge in [0.1, 0.15) is 0 Å². The van der Waals surface area contributed by atoms with E-state index in [0.29, 0.717) is 5.56 Å². The third-order valence-corrected chi connectivity index (χ3v) is 8.80. The highest BCUT2D eigenvalue weighted by atomic mass is 15.3. The number of aliphatic imine (C=N–C) groups is 1. The zero-order chi connectivity index (χ0) is 30.5. The molecule has 1 aliphatic heterocycles. The molecule has 216 valence electrons. The number of nitrogens with one attached hydrogen (secondary N) is 1. The lowest BCUT2D eigenvalue weighted by molar-refractivity contribution is 0.984. The van der Waals surface area contributed by atoms with Gasteiger partial charge in [0.05, 0.1) is 22.4 Å². The molecule has 0 unspecified atom stereocenters. The van der Waals surface area contributed by atoms with Crippen molar-refractivity contribution in [2.24, 2.45) is 10.7 Å². The summed E-state index contributed by atoms with van der Waals surface area (Å²) in [6, 6.07) is 37.1. The number of aromatic nitrogens is 1. The lowest BCUT2D eigenvalue weighted by atomic mass is 9.92. The van der Waals surface area contributed by atoms with Crippen molar-refractivity contribution in [1.29, 1.82) is 5.41 Å². The smallest absolute Gasteiger partial charge is 0.207 e. The highest BCUT2D eigenvalue weighted by Gasteiger charge is 2.29. The first kappa shape index (κ1) is 26.7. The van der Waals surface area contributed by atoms with Gasteiger partial charge >= 0.3 is 0 Å². The third kappa shape index (κ3) is 4.32. The molecule has 0 atom stereocenters. The number of amidine groups is 1. The monoisotopic (exact) mass is 581 g/mol. The molecule has 0 bridgehead atoms. The maximum Gasteiger partial charge on any atom is 0.207 e. The Kier molecular flexibility index (Phi) is 6.31. The van der Waals surface area contributed by atoms with Gasteiger partial charge < -0.3 is 10.3 Å². The maximum absolute atomic E-state index is 8.86. The van der Waals surface area contributed by atoms with Crippen molar-refractivity contribution in [2.75, 3.05) is 4.90 Å². The number of para-hydroxylation sites is 2. The molecule has 2 aliphatic rings. The van der Waals surface area contributed by atoms with E-state index >= 15 is 0 Å². The van der Waals surface area contributed by atoms with Crippen molar-refractivity contribution in [3.8, 4) is 5.69 Å². The number of hydrogen-bond donors (Lipinski definition) is 2. The number of allylic oxidation sites excluding steroid dienone is 3. The zero-order valence-corrected chi connectivity index (χ0v) is 24.7. The Hall–Kier alpha value is -5.94. The molecule has 5 aromatic carbocycles. The van der Waals surface area contributed by atoms with Gasteiger partial charge in [-0.3, -0.25) is 10.3 Å². The molecular formula is C40H31N5. The standard InChI is InChI=1S/C40H31N5/c1-26-20-21-28-13-9-11-19-34(28)45(40(42)43-39(41)29-14-4-2-5-15-29)38-31(26)24-25-35-36(38)33-23-22-27-12-8-10-18-32(27)37(33)44(35)30-16-6-3-7-17-30/h2-9,11-17,19-25H,1,10,18H2,(H3,41,42,43)/b21-20-. The van der Waals surface area contributed by atoms with Crippen LogP contribution in [-0.4, -0.2) is 16.4 Å². The number of nitrogens with two attached hydrogens (primary N) is 1. The molecular weight excluding hydrogens is 550 g/mol. The second kappa shape index (κ2) is 10.6. The number of anilines is 2. The number of benzene rings is 5. The fourth-order valence-electron chi connectivity index (χ4n) is 6.75. The molecule has 0 fully saturated rings. The Balaban J connectivity index is 1.51. The lowest BCUT2D eigenvalue weighted by Gasteiger charge is -2.30. The van der Waals surface area contributed by atoms with Crippen LogP contribution in [0.25, 0.3) is 45.2 Å². The third-order valence-electron chi connectivity index (χ3n) is 8.80. The summed E-state index contributed by atoms with van der Waals surface area (Å²) in [5.74, 6) is 0.318. The van der Waals surface area contributed by atoms with Crippen LogP contribution in [0.3, 0.4) is 0 Å². The fraction of sp³-hybridized carbons (Fsp3) is 0.0500. The van der Waals surface area contributed by atoms with E-state index < -0.39 is 0 Å². The van der Waals surface area contributed by atoms with E-state index in [-0.39, 0.29) is 11.8 Å². The summed E-state index contributed by atoms with van der Waals surface area (Å²) in [6.07, 6.45) is 10.6. The summed E-state index contributed by atoms with van der Waals surface area (Å²) >= 11 is 0. The average Bonchev–Trinajstić information content (AvgIpc) is 3.43. The second-order valence-electron chi connectivity index (χ2n) is 11.4. The van der Waals surface area contributed by atoms with E-state index in [1.807, 2.05) is 47.4 Å². The second-order valence-corrected chi connectivity index (χ2v) is 11.4. The first-order chi connectivity index (χ1) is 22.1. The number of fused-ring (bicyclic) bond motifs is 8. The number of aryl methyl sites for hydroxylation is 1. The van der Waals surface area contributed by atoms with Crippen molar-refractivity contribution in [2.45, 2.75) is 12.8 Å². The highest BCUT2D eigenvalue weighted by molar-refractivity contribution is 6.24. The minimum atomic E-state index is 0.100. The predicted molar refractivity (Wildman–Crippen MR) is 190 cm³/mol. The molecule has 0 saturated carbocycles. The van der Waals surface area contributed by atoms with Crippen LogP contribution in [0.2, 0.25) is 0 Å². The fourth-order valence-corrected chi connectivity index (χ4v) is 6.75. The molecule has 45 heavy (non-hydrogen) atoms. The summed E-state index contributed by atoms with van der Waals surface area (Å²) in [7, 11) is 0. The zero-order valence-electron chi connectivity index (χ0n) is 24.7. The van der Waals surface area contributed by atoms with E-state index in [1.165, 1.54) is 16.6 Å². The molecule has 0 saturated heterocycles. The molecule has 5 nitrogen and oxygen atoms in total. The van der Waals surface area contributed by atoms with Crippen LogP contribution in [0, 0.1) is 5.41 Å². The van der Waals surface area contributed by atoms with Crippen LogP contribution in [-0.2, 0) is 6.42 Å². The molecule has 1 aromatic heterocycles. The van der Waals surface area contributed by atoms with Gasteiger partial charge in [0.15, 0.2) is 5.84 Å². The van der Waals surface area contributed by atoms with Crippen molar-refractivity contribution in [3.05, 3.63) is 156 Å². The molecule has 5 heteroatoms. The molecule has 2 heterocycles. The molecule has 0 spiro atoms. The largest absolute Gasteiger partial charge is 0.369 e. The summed E-state index contributed by atoms with van der Waals surface area (Å²) in [5, 5.41) is 11.1. The van der Waals surface area contributed by atoms with Gasteiger partial charge in [0.25, 0.3) is 0 Å². The molecule has 6 aromatic rings. The van der Waals surface area contributed by atoms with Crippen LogP contribution in [0.5, 0.6) is 0 Å². The Morgan fingerprint density at radius 1 is 0.778 bits per heavy atom. The van der Waals surface area contributed by atoms with Crippen LogP contribution in [0.1, 0.15) is 34.2 Å². The van der Waals surface area contributed by atoms with Crippen LogP contribution >= 0.6 is 0 Å². The number of hydrogen-bond acceptors (Lipinski definition) is 1. The molecule has 3 N–H and O–H groups in total. The minimum Gasteiger partial charge on any atom is -0.369 e. The van der Waals surface area contributed by atoms with Gasteiger partial charge in [-0.15, -0.1) is 0 Å². The highest BCUT2D eigenvalue weighted by Crippen LogP contribution is 2.47. The van der Waals surface area contributed by atoms with E-state index in [0.717, 1.165) is 62.9 Å². The van der Waals surface area contributed by atoms with E-state index in [4.69, 9.17) is 16.1 Å². The normalized spacial score (nSPS) is 14.9. The molecule has 8 rings (SSSR count). The number of nitrogens with zero attached hydrogens (tertiary/aromatic N) is 3. The van der Waals surface area contributed by atoms with Gasteiger partial charge in [0.2, 0.25) is 5.96 Å². The van der Waals surface area contributed by atoms with Gasteiger partial charge in [-0.1, -0.05) is 116 Å². The topological polar surface area (TPSA) is 70.4 Å². The average molecular weight is 582 g/mol. The maximum atomic E-state index is 8.86. The van der Waals surface area contributed by atoms with Crippen molar-refractivity contribution in [3.63, 3.8) is 0 Å². The first-order valence-corrected chi connectivity index (χ1v) is 15.2. The van der Waals surface area contributed by atoms with E-state index in [2.05, 4.69) is 102 Å². The van der Waals surface area contributed by atoms with Crippen LogP contribution in [0.15, 0.2) is 133 Å². The van der Waals surface area contributed by atoms with Gasteiger partial charge in [0, 0.05) is 27.6 Å². The van der Waals surface area contributed by atoms with Gasteiger partial charge in [-0.25, -0.2) is 0 Å². The molecule has 0 radical (unpaired) electrons. The summed E-state index contributed by atoms with van der Waals surface area (Å²) in [6.45, 7) is 4.50. The summed E-state index contributed by atoms with van der Waals surface area (Å²) in [4.78, 5) is 6.74. The SMILES string of the molecule is C=C1/C=C\c2ccccc2N(/C(N)=N/C(=N)c2ccccc2)c2c1ccc1c2c2ccc3c(c2n1-c1ccccc1)CCC=C3. The molecule has 1 aliphatic carbocycles. The van der Waals surface area contributed by atoms with Gasteiger partial charge in [-0.2, -0.15) is 4.99 Å². The van der Waals surface area contributed by atoms with Gasteiger partial charge in [-0.05, 0) is 59.4 Å². The first-order valence-electron chi connectivity index (χ1n) is 15.2. The van der Waals surface area contributed by atoms with Crippen LogP contribution in [0.4, 0.5) is 11.4 Å². The summed E-state index contributed by atoms with van der Waals surface area (Å²) in [5.41, 5.74) is 18.3. The Bertz CT molecular complexity index is 2250. The molecule has 0 amide bonds. The Morgan fingerprint density at radius 2 is 1.53 bits per heavy atom. The van der Waals surface area contributed by atoms with Crippen molar-refractivity contribution in [1.82, 2.24) is 4.57 Å². The quantitative estimate of drug-likeness (QED) is 0.158. The number of guanidine groups is 1. The Morgan fingerprint density at radius 3 is 2.36 bits per heavy atom. The minimum absolute atomic E-state index is 0.100. The van der Waals surface area contributed by atoms with E-state index in [9.17, 15) is 0 Å². The number of rotatable bonds is 2. The van der Waals surface area contributed by atoms with Crippen molar-refractivity contribution < 1.29 is 0 Å². The van der Waals surface area contributed by atoms with Crippen molar-refractivity contribution >= 4 is 62.7 Å². The van der Waals surface area contributed by atoms with E-state index in [1.54, 1.807) is 0 Å². The lowest BCUT2D eigenvalue weighted by Crippen LogP contribution is -2.35. The van der Waals surface area contributed by atoms with Crippen LogP contribution < -0.4 is 10.6 Å². The Labute approximate surface area is 262 Å².